The standard InChI is InChI=1S/C17H24N2O3/c1-14(20)15-6-2-3-7-16(15)17(21)18-8-4-5-9-19-10-12-22-13-11-19/h2-3,6-7H,4-5,8-13H2,1H3,(H,18,21). The number of unbranched alkanes of at least 4 members (excludes halogenated alkanes) is 1. The lowest BCUT2D eigenvalue weighted by Gasteiger charge is -2.26. The van der Waals surface area contributed by atoms with Crippen molar-refractivity contribution < 1.29 is 14.3 Å². The summed E-state index contributed by atoms with van der Waals surface area (Å²) >= 11 is 0. The predicted molar refractivity (Wildman–Crippen MR) is 85.3 cm³/mol. The van der Waals surface area contributed by atoms with E-state index in [-0.39, 0.29) is 11.7 Å². The number of amides is 1. The normalized spacial score (nSPS) is 15.5. The quantitative estimate of drug-likeness (QED) is 0.616. The Kier molecular flexibility index (Phi) is 6.55. The number of rotatable bonds is 7. The lowest BCUT2D eigenvalue weighted by molar-refractivity contribution is 0.0372. The third-order valence-electron chi connectivity index (χ3n) is 3.84. The highest BCUT2D eigenvalue weighted by Crippen LogP contribution is 2.09. The van der Waals surface area contributed by atoms with Gasteiger partial charge >= 0.3 is 0 Å². The molecule has 5 nitrogen and oxygen atoms in total. The summed E-state index contributed by atoms with van der Waals surface area (Å²) in [4.78, 5) is 26.1. The largest absolute Gasteiger partial charge is 0.379 e. The van der Waals surface area contributed by atoms with Crippen LogP contribution < -0.4 is 5.32 Å². The molecule has 1 aliphatic heterocycles. The molecule has 0 radical (unpaired) electrons. The molecule has 0 bridgehead atoms. The first-order valence-electron chi connectivity index (χ1n) is 7.87. The zero-order valence-electron chi connectivity index (χ0n) is 13.1. The number of hydrogen-bond acceptors (Lipinski definition) is 4. The Morgan fingerprint density at radius 2 is 1.82 bits per heavy atom. The number of benzene rings is 1. The zero-order chi connectivity index (χ0) is 15.8. The monoisotopic (exact) mass is 304 g/mol. The van der Waals surface area contributed by atoms with Crippen molar-refractivity contribution in [2.75, 3.05) is 39.4 Å². The molecular weight excluding hydrogens is 280 g/mol. The number of carbonyl (C=O) groups excluding carboxylic acids is 2. The third-order valence-corrected chi connectivity index (χ3v) is 3.84. The van der Waals surface area contributed by atoms with Crippen molar-refractivity contribution in [3.63, 3.8) is 0 Å². The minimum absolute atomic E-state index is 0.0851. The van der Waals surface area contributed by atoms with E-state index in [2.05, 4.69) is 10.2 Å². The first-order chi connectivity index (χ1) is 10.7. The van der Waals surface area contributed by atoms with Crippen molar-refractivity contribution in [1.82, 2.24) is 10.2 Å². The minimum Gasteiger partial charge on any atom is -0.379 e. The lowest BCUT2D eigenvalue weighted by Crippen LogP contribution is -2.37. The summed E-state index contributed by atoms with van der Waals surface area (Å²) in [5.41, 5.74) is 0.941. The molecule has 1 aromatic rings. The van der Waals surface area contributed by atoms with Gasteiger partial charge in [0.15, 0.2) is 5.78 Å². The summed E-state index contributed by atoms with van der Waals surface area (Å²) in [7, 11) is 0. The topological polar surface area (TPSA) is 58.6 Å². The fourth-order valence-corrected chi connectivity index (χ4v) is 2.57. The van der Waals surface area contributed by atoms with Crippen LogP contribution in [0.1, 0.15) is 40.5 Å². The molecular formula is C17H24N2O3. The summed E-state index contributed by atoms with van der Waals surface area (Å²) in [5.74, 6) is -0.254. The van der Waals surface area contributed by atoms with Crippen LogP contribution in [0.25, 0.3) is 0 Å². The molecule has 1 saturated heterocycles. The number of carbonyl (C=O) groups is 2. The van der Waals surface area contributed by atoms with E-state index < -0.39 is 0 Å². The lowest BCUT2D eigenvalue weighted by atomic mass is 10.0. The molecule has 0 unspecified atom stereocenters. The van der Waals surface area contributed by atoms with E-state index in [9.17, 15) is 9.59 Å². The fourth-order valence-electron chi connectivity index (χ4n) is 2.57. The van der Waals surface area contributed by atoms with Gasteiger partial charge in [-0.25, -0.2) is 0 Å². The number of hydrogen-bond donors (Lipinski definition) is 1. The Bertz CT molecular complexity index is 510. The summed E-state index contributed by atoms with van der Waals surface area (Å²) < 4.78 is 5.31. The van der Waals surface area contributed by atoms with Crippen LogP contribution in [-0.2, 0) is 4.74 Å². The molecule has 0 atom stereocenters. The maximum Gasteiger partial charge on any atom is 0.252 e. The summed E-state index contributed by atoms with van der Waals surface area (Å²) in [6.45, 7) is 6.79. The smallest absolute Gasteiger partial charge is 0.252 e. The van der Waals surface area contributed by atoms with Crippen LogP contribution >= 0.6 is 0 Å². The highest BCUT2D eigenvalue weighted by Gasteiger charge is 2.13. The van der Waals surface area contributed by atoms with E-state index in [1.165, 1.54) is 6.92 Å². The molecule has 1 aliphatic rings. The zero-order valence-corrected chi connectivity index (χ0v) is 13.1. The van der Waals surface area contributed by atoms with Crippen molar-refractivity contribution in [2.24, 2.45) is 0 Å². The van der Waals surface area contributed by atoms with Gasteiger partial charge in [-0.1, -0.05) is 18.2 Å². The first kappa shape index (κ1) is 16.6. The number of nitrogens with one attached hydrogen (secondary N) is 1. The van der Waals surface area contributed by atoms with Crippen molar-refractivity contribution in [3.8, 4) is 0 Å². The SMILES string of the molecule is CC(=O)c1ccccc1C(=O)NCCCCN1CCOCC1. The summed E-state index contributed by atoms with van der Waals surface area (Å²) in [6.07, 6.45) is 1.99. The maximum atomic E-state index is 12.1. The molecule has 1 aromatic carbocycles. The fraction of sp³-hybridized carbons (Fsp3) is 0.529. The van der Waals surface area contributed by atoms with E-state index in [1.807, 2.05) is 0 Å². The second-order valence-electron chi connectivity index (χ2n) is 5.52. The Hall–Kier alpha value is -1.72. The van der Waals surface area contributed by atoms with E-state index in [1.54, 1.807) is 24.3 Å². The van der Waals surface area contributed by atoms with Crippen LogP contribution in [0.4, 0.5) is 0 Å². The van der Waals surface area contributed by atoms with E-state index in [0.717, 1.165) is 45.7 Å². The molecule has 2 rings (SSSR count). The predicted octanol–water partition coefficient (Wildman–Crippen LogP) is 1.73. The average molecular weight is 304 g/mol. The van der Waals surface area contributed by atoms with Gasteiger partial charge in [0.2, 0.25) is 0 Å². The Labute approximate surface area is 131 Å². The third kappa shape index (κ3) is 4.93. The molecule has 5 heteroatoms. The molecule has 0 saturated carbocycles. The molecule has 120 valence electrons. The van der Waals surface area contributed by atoms with Gasteiger partial charge in [0, 0.05) is 25.2 Å². The molecule has 1 N–H and O–H groups in total. The van der Waals surface area contributed by atoms with Crippen LogP contribution in [0.5, 0.6) is 0 Å². The summed E-state index contributed by atoms with van der Waals surface area (Å²) in [6, 6.07) is 6.94. The average Bonchev–Trinajstić information content (AvgIpc) is 2.55. The molecule has 0 spiro atoms. The van der Waals surface area contributed by atoms with Crippen molar-refractivity contribution >= 4 is 11.7 Å². The van der Waals surface area contributed by atoms with Crippen molar-refractivity contribution in [2.45, 2.75) is 19.8 Å². The van der Waals surface area contributed by atoms with E-state index >= 15 is 0 Å². The van der Waals surface area contributed by atoms with E-state index in [4.69, 9.17) is 4.74 Å². The van der Waals surface area contributed by atoms with Crippen molar-refractivity contribution in [1.29, 1.82) is 0 Å². The van der Waals surface area contributed by atoms with Gasteiger partial charge < -0.3 is 10.1 Å². The molecule has 0 aromatic heterocycles. The number of Topliss-reactive ketones (excluding diaryl/α,β-unsaturated/α-hetero) is 1. The Morgan fingerprint density at radius 3 is 2.50 bits per heavy atom. The number of ketones is 1. The molecule has 0 aliphatic carbocycles. The number of nitrogens with zero attached hydrogens (tertiary/aromatic N) is 1. The summed E-state index contributed by atoms with van der Waals surface area (Å²) in [5, 5.41) is 2.90. The van der Waals surface area contributed by atoms with E-state index in [0.29, 0.717) is 17.7 Å². The first-order valence-corrected chi connectivity index (χ1v) is 7.87. The molecule has 22 heavy (non-hydrogen) atoms. The highest BCUT2D eigenvalue weighted by atomic mass is 16.5. The van der Waals surface area contributed by atoms with Gasteiger partial charge in [-0.05, 0) is 32.4 Å². The van der Waals surface area contributed by atoms with Crippen LogP contribution in [-0.4, -0.2) is 56.0 Å². The molecule has 1 amide bonds. The van der Waals surface area contributed by atoms with Gasteiger partial charge in [-0.15, -0.1) is 0 Å². The Balaban J connectivity index is 1.70. The van der Waals surface area contributed by atoms with Gasteiger partial charge in [0.25, 0.3) is 5.91 Å². The van der Waals surface area contributed by atoms with Crippen molar-refractivity contribution in [3.05, 3.63) is 35.4 Å². The number of morpholine rings is 1. The minimum atomic E-state index is -0.169. The Morgan fingerprint density at radius 1 is 1.14 bits per heavy atom. The second kappa shape index (κ2) is 8.66. The van der Waals surface area contributed by atoms with Gasteiger partial charge in [0.1, 0.15) is 0 Å². The van der Waals surface area contributed by atoms with Gasteiger partial charge in [0.05, 0.1) is 18.8 Å². The molecule has 1 heterocycles. The second-order valence-corrected chi connectivity index (χ2v) is 5.52. The number of ether oxygens (including phenoxy) is 1. The highest BCUT2D eigenvalue weighted by molar-refractivity contribution is 6.07. The van der Waals surface area contributed by atoms with Crippen LogP contribution in [0, 0.1) is 0 Å². The van der Waals surface area contributed by atoms with Gasteiger partial charge in [-0.2, -0.15) is 0 Å². The molecule has 1 fully saturated rings. The van der Waals surface area contributed by atoms with Gasteiger partial charge in [-0.3, -0.25) is 14.5 Å². The van der Waals surface area contributed by atoms with Crippen LogP contribution in [0.15, 0.2) is 24.3 Å². The maximum absolute atomic E-state index is 12.1. The van der Waals surface area contributed by atoms with Crippen LogP contribution in [0.3, 0.4) is 0 Å². The van der Waals surface area contributed by atoms with Crippen LogP contribution in [0.2, 0.25) is 0 Å².